The Morgan fingerprint density at radius 3 is 2.35 bits per heavy atom. The highest BCUT2D eigenvalue weighted by Crippen LogP contribution is 2.22. The van der Waals surface area contributed by atoms with Crippen molar-refractivity contribution >= 4 is 11.7 Å². The number of hydrogen-bond donors (Lipinski definition) is 2. The zero-order chi connectivity index (χ0) is 15.4. The fourth-order valence-corrected chi connectivity index (χ4v) is 1.84. The van der Waals surface area contributed by atoms with Crippen LogP contribution in [0.1, 0.15) is 24.2 Å². The summed E-state index contributed by atoms with van der Waals surface area (Å²) in [6.45, 7) is 4.60. The van der Waals surface area contributed by atoms with Gasteiger partial charge in [0.05, 0.1) is 11.3 Å². The minimum absolute atomic E-state index is 0.0203. The summed E-state index contributed by atoms with van der Waals surface area (Å²) < 4.78 is 27.5. The molecular weight excluding hydrogens is 266 g/mol. The van der Waals surface area contributed by atoms with Crippen LogP contribution in [0.25, 0.3) is 0 Å². The fourth-order valence-electron chi connectivity index (χ4n) is 1.84. The van der Waals surface area contributed by atoms with E-state index in [1.165, 1.54) is 6.07 Å². The SMILES string of the molecule is CC(C)C(CN(C)C)Nc1ccc(C(=O)O)c(F)c1F. The quantitative estimate of drug-likeness (QED) is 0.844. The Hall–Kier alpha value is -1.69. The molecule has 0 heterocycles. The van der Waals surface area contributed by atoms with E-state index in [0.717, 1.165) is 6.07 Å². The third kappa shape index (κ3) is 3.90. The molecule has 0 saturated carbocycles. The molecule has 1 aromatic rings. The number of halogens is 2. The van der Waals surface area contributed by atoms with E-state index in [1.807, 2.05) is 32.8 Å². The minimum atomic E-state index is -1.48. The highest BCUT2D eigenvalue weighted by Gasteiger charge is 2.21. The molecule has 0 radical (unpaired) electrons. The normalized spacial score (nSPS) is 12.8. The first kappa shape index (κ1) is 16.4. The van der Waals surface area contributed by atoms with Gasteiger partial charge in [-0.25, -0.2) is 13.6 Å². The van der Waals surface area contributed by atoms with Gasteiger partial charge in [-0.05, 0) is 32.1 Å². The molecular formula is C14H20F2N2O2. The lowest BCUT2D eigenvalue weighted by molar-refractivity contribution is 0.0690. The van der Waals surface area contributed by atoms with Crippen LogP contribution in [0.5, 0.6) is 0 Å². The van der Waals surface area contributed by atoms with Crippen molar-refractivity contribution in [1.29, 1.82) is 0 Å². The average Bonchev–Trinajstić information content (AvgIpc) is 2.32. The van der Waals surface area contributed by atoms with Crippen LogP contribution in [0.4, 0.5) is 14.5 Å². The second-order valence-electron chi connectivity index (χ2n) is 5.35. The molecule has 6 heteroatoms. The van der Waals surface area contributed by atoms with E-state index >= 15 is 0 Å². The summed E-state index contributed by atoms with van der Waals surface area (Å²) in [7, 11) is 3.78. The zero-order valence-electron chi connectivity index (χ0n) is 12.1. The van der Waals surface area contributed by atoms with Crippen molar-refractivity contribution in [3.63, 3.8) is 0 Å². The highest BCUT2D eigenvalue weighted by molar-refractivity contribution is 5.88. The second kappa shape index (κ2) is 6.65. The molecule has 0 fully saturated rings. The van der Waals surface area contributed by atoms with E-state index in [9.17, 15) is 13.6 Å². The Morgan fingerprint density at radius 1 is 1.30 bits per heavy atom. The minimum Gasteiger partial charge on any atom is -0.478 e. The lowest BCUT2D eigenvalue weighted by Crippen LogP contribution is -2.36. The first-order valence-electron chi connectivity index (χ1n) is 6.36. The average molecular weight is 286 g/mol. The molecule has 4 nitrogen and oxygen atoms in total. The summed E-state index contributed by atoms with van der Waals surface area (Å²) in [6.07, 6.45) is 0. The van der Waals surface area contributed by atoms with Gasteiger partial charge in [0.2, 0.25) is 0 Å². The van der Waals surface area contributed by atoms with Gasteiger partial charge in [0.15, 0.2) is 11.6 Å². The first-order valence-corrected chi connectivity index (χ1v) is 6.36. The van der Waals surface area contributed by atoms with E-state index < -0.39 is 23.2 Å². The zero-order valence-corrected chi connectivity index (χ0v) is 12.1. The van der Waals surface area contributed by atoms with Gasteiger partial charge in [0, 0.05) is 12.6 Å². The maximum absolute atomic E-state index is 13.9. The van der Waals surface area contributed by atoms with Gasteiger partial charge in [0.1, 0.15) is 0 Å². The van der Waals surface area contributed by atoms with Gasteiger partial charge in [-0.15, -0.1) is 0 Å². The molecule has 0 aromatic heterocycles. The molecule has 1 rings (SSSR count). The van der Waals surface area contributed by atoms with Gasteiger partial charge in [-0.1, -0.05) is 13.8 Å². The largest absolute Gasteiger partial charge is 0.478 e. The molecule has 1 aromatic carbocycles. The van der Waals surface area contributed by atoms with Gasteiger partial charge >= 0.3 is 5.97 Å². The summed E-state index contributed by atoms with van der Waals surface area (Å²) in [4.78, 5) is 12.7. The number of aromatic carboxylic acids is 1. The molecule has 0 amide bonds. The fraction of sp³-hybridized carbons (Fsp3) is 0.500. The number of nitrogens with one attached hydrogen (secondary N) is 1. The van der Waals surface area contributed by atoms with Crippen molar-refractivity contribution < 1.29 is 18.7 Å². The van der Waals surface area contributed by atoms with Gasteiger partial charge in [0.25, 0.3) is 0 Å². The molecule has 0 aliphatic heterocycles. The van der Waals surface area contributed by atoms with Crippen LogP contribution in [0.3, 0.4) is 0 Å². The number of carbonyl (C=O) groups is 1. The van der Waals surface area contributed by atoms with Gasteiger partial charge in [-0.2, -0.15) is 0 Å². The number of hydrogen-bond acceptors (Lipinski definition) is 3. The maximum atomic E-state index is 13.9. The lowest BCUT2D eigenvalue weighted by atomic mass is 10.0. The van der Waals surface area contributed by atoms with Crippen LogP contribution < -0.4 is 5.32 Å². The number of likely N-dealkylation sites (N-methyl/N-ethyl adjacent to an activating group) is 1. The Morgan fingerprint density at radius 2 is 1.90 bits per heavy atom. The lowest BCUT2D eigenvalue weighted by Gasteiger charge is -2.27. The third-order valence-electron chi connectivity index (χ3n) is 3.02. The highest BCUT2D eigenvalue weighted by atomic mass is 19.2. The molecule has 0 saturated heterocycles. The predicted molar refractivity (Wildman–Crippen MR) is 74.1 cm³/mol. The number of carboxylic acid groups (broad SMARTS) is 1. The van der Waals surface area contributed by atoms with Gasteiger partial charge in [-0.3, -0.25) is 0 Å². The van der Waals surface area contributed by atoms with Crippen LogP contribution in [-0.2, 0) is 0 Å². The van der Waals surface area contributed by atoms with Crippen molar-refractivity contribution in [2.75, 3.05) is 26.0 Å². The monoisotopic (exact) mass is 286 g/mol. The molecule has 1 atom stereocenters. The van der Waals surface area contributed by atoms with Crippen molar-refractivity contribution in [1.82, 2.24) is 4.90 Å². The topological polar surface area (TPSA) is 52.6 Å². The molecule has 112 valence electrons. The number of benzene rings is 1. The summed E-state index contributed by atoms with van der Waals surface area (Å²) in [6, 6.07) is 2.25. The second-order valence-corrected chi connectivity index (χ2v) is 5.35. The Kier molecular flexibility index (Phi) is 5.44. The first-order chi connectivity index (χ1) is 9.23. The molecule has 0 bridgehead atoms. The van der Waals surface area contributed by atoms with Crippen LogP contribution in [-0.4, -0.2) is 42.7 Å². The Balaban J connectivity index is 3.02. The summed E-state index contributed by atoms with van der Waals surface area (Å²) in [5.41, 5.74) is -0.685. The number of anilines is 1. The summed E-state index contributed by atoms with van der Waals surface area (Å²) in [5, 5.41) is 11.7. The van der Waals surface area contributed by atoms with Crippen LogP contribution in [0, 0.1) is 17.6 Å². The molecule has 1 unspecified atom stereocenters. The van der Waals surface area contributed by atoms with Gasteiger partial charge < -0.3 is 15.3 Å². The maximum Gasteiger partial charge on any atom is 0.338 e. The third-order valence-corrected chi connectivity index (χ3v) is 3.02. The van der Waals surface area contributed by atoms with Crippen LogP contribution in [0.2, 0.25) is 0 Å². The van der Waals surface area contributed by atoms with Crippen molar-refractivity contribution in [2.24, 2.45) is 5.92 Å². The number of nitrogens with zero attached hydrogens (tertiary/aromatic N) is 1. The standard InChI is InChI=1S/C14H20F2N2O2/c1-8(2)11(7-18(3)4)17-10-6-5-9(14(19)20)12(15)13(10)16/h5-6,8,11,17H,7H2,1-4H3,(H,19,20). The predicted octanol–water partition coefficient (Wildman–Crippen LogP) is 2.66. The smallest absolute Gasteiger partial charge is 0.338 e. The van der Waals surface area contributed by atoms with E-state index in [4.69, 9.17) is 5.11 Å². The molecule has 2 N–H and O–H groups in total. The van der Waals surface area contributed by atoms with Crippen LogP contribution in [0.15, 0.2) is 12.1 Å². The summed E-state index contributed by atoms with van der Waals surface area (Å²) >= 11 is 0. The molecule has 0 aliphatic carbocycles. The molecule has 0 spiro atoms. The van der Waals surface area contributed by atoms with Crippen molar-refractivity contribution in [3.05, 3.63) is 29.3 Å². The van der Waals surface area contributed by atoms with Crippen molar-refractivity contribution in [3.8, 4) is 0 Å². The Bertz CT molecular complexity index is 490. The molecule has 0 aliphatic rings. The van der Waals surface area contributed by atoms with Crippen molar-refractivity contribution in [2.45, 2.75) is 19.9 Å². The van der Waals surface area contributed by atoms with E-state index in [1.54, 1.807) is 0 Å². The van der Waals surface area contributed by atoms with E-state index in [-0.39, 0.29) is 17.6 Å². The Labute approximate surface area is 117 Å². The van der Waals surface area contributed by atoms with E-state index in [0.29, 0.717) is 6.54 Å². The molecule has 20 heavy (non-hydrogen) atoms. The van der Waals surface area contributed by atoms with Crippen LogP contribution >= 0.6 is 0 Å². The number of rotatable bonds is 6. The van der Waals surface area contributed by atoms with E-state index in [2.05, 4.69) is 5.32 Å². The number of carboxylic acids is 1. The summed E-state index contributed by atoms with van der Waals surface area (Å²) in [5.74, 6) is -3.77.